The Morgan fingerprint density at radius 1 is 1.34 bits per heavy atom. The molecule has 0 aromatic heterocycles. The van der Waals surface area contributed by atoms with Crippen LogP contribution >= 0.6 is 46.4 Å². The second kappa shape index (κ2) is 12.2. The van der Waals surface area contributed by atoms with Gasteiger partial charge in [0.25, 0.3) is 5.91 Å². The molecule has 1 aliphatic rings. The average molecular weight is 629 g/mol. The topological polar surface area (TPSA) is 121 Å². The summed E-state index contributed by atoms with van der Waals surface area (Å²) >= 11 is 13.2. The van der Waals surface area contributed by atoms with E-state index in [4.69, 9.17) is 33.3 Å². The molecule has 0 aliphatic carbocycles. The molecular weight excluding hydrogens is 607 g/mol. The van der Waals surface area contributed by atoms with Crippen LogP contribution in [0.2, 0.25) is 5.02 Å². The van der Waals surface area contributed by atoms with Gasteiger partial charge in [-0.3, -0.25) is 4.79 Å². The maximum atomic E-state index is 12.6. The number of hydrogen-bond donors (Lipinski definition) is 4. The number of phenols is 1. The molecule has 0 unspecified atom stereocenters. The summed E-state index contributed by atoms with van der Waals surface area (Å²) in [7, 11) is 0. The Balaban J connectivity index is 1.73. The molecule has 184 valence electrons. The van der Waals surface area contributed by atoms with Crippen LogP contribution in [0.5, 0.6) is 11.5 Å². The van der Waals surface area contributed by atoms with Gasteiger partial charge < -0.3 is 25.2 Å². The largest absolute Gasteiger partial charge is 0.506 e. The van der Waals surface area contributed by atoms with Crippen molar-refractivity contribution in [2.24, 2.45) is 5.10 Å². The van der Waals surface area contributed by atoms with E-state index in [0.29, 0.717) is 41.9 Å². The van der Waals surface area contributed by atoms with Crippen LogP contribution in [-0.2, 0) is 14.3 Å². The number of amides is 1. The van der Waals surface area contributed by atoms with E-state index in [1.54, 1.807) is 44.2 Å². The minimum absolute atomic E-state index is 0.00585. The molecule has 0 saturated carbocycles. The van der Waals surface area contributed by atoms with Gasteiger partial charge in [-0.25, -0.2) is 10.2 Å². The van der Waals surface area contributed by atoms with Crippen LogP contribution in [0.1, 0.15) is 31.0 Å². The highest BCUT2D eigenvalue weighted by Crippen LogP contribution is 2.33. The third-order valence-electron chi connectivity index (χ3n) is 4.80. The first-order chi connectivity index (χ1) is 16.7. The summed E-state index contributed by atoms with van der Waals surface area (Å²) in [4.78, 5) is 24.9. The molecule has 3 rings (SSSR count). The van der Waals surface area contributed by atoms with Crippen molar-refractivity contribution in [3.05, 3.63) is 67.4 Å². The number of carbonyl (C=O) groups excluding carboxylic acids is 2. The Hall–Kier alpha value is -2.90. The second-order valence-electron chi connectivity index (χ2n) is 7.24. The van der Waals surface area contributed by atoms with Crippen molar-refractivity contribution in [1.29, 1.82) is 0 Å². The number of benzene rings is 2. The smallest absolute Gasteiger partial charge is 0.338 e. The molecule has 0 saturated heterocycles. The van der Waals surface area contributed by atoms with Gasteiger partial charge in [0.05, 0.1) is 28.0 Å². The standard InChI is InChI=1S/C23H22ClIN4O5S/c1-3-33-22(32)19-12(2)27-23(35)28-20(19)15-6-4-5-7-17(15)34-11-18(30)29-26-10-13-8-14(24)9-16(25)21(13)31/h4-10,20,31H,3,11H2,1-2H3,(H,29,30)(H2,27,28,35)/t20-/m1/s1. The van der Waals surface area contributed by atoms with E-state index >= 15 is 0 Å². The van der Waals surface area contributed by atoms with Crippen LogP contribution in [0.15, 0.2) is 52.8 Å². The summed E-state index contributed by atoms with van der Waals surface area (Å²) < 4.78 is 11.5. The molecule has 1 amide bonds. The van der Waals surface area contributed by atoms with Crippen molar-refractivity contribution in [3.63, 3.8) is 0 Å². The van der Waals surface area contributed by atoms with Crippen molar-refractivity contribution in [2.45, 2.75) is 19.9 Å². The van der Waals surface area contributed by atoms with E-state index in [2.05, 4.69) is 21.2 Å². The van der Waals surface area contributed by atoms with E-state index < -0.39 is 17.9 Å². The summed E-state index contributed by atoms with van der Waals surface area (Å²) in [5, 5.41) is 20.7. The monoisotopic (exact) mass is 628 g/mol. The number of esters is 1. The number of carbonyl (C=O) groups is 2. The van der Waals surface area contributed by atoms with Gasteiger partial charge in [0.15, 0.2) is 11.7 Å². The van der Waals surface area contributed by atoms with Crippen LogP contribution in [0, 0.1) is 3.57 Å². The van der Waals surface area contributed by atoms with Crippen molar-refractivity contribution in [2.75, 3.05) is 13.2 Å². The average Bonchev–Trinajstić information content (AvgIpc) is 2.80. The number of allylic oxidation sites excluding steroid dienone is 1. The number of nitrogens with one attached hydrogen (secondary N) is 3. The molecule has 0 spiro atoms. The fraction of sp³-hybridized carbons (Fsp3) is 0.217. The number of hydrazone groups is 1. The first kappa shape index (κ1) is 26.7. The maximum Gasteiger partial charge on any atom is 0.338 e. The van der Waals surface area contributed by atoms with Gasteiger partial charge in [-0.05, 0) is 66.9 Å². The van der Waals surface area contributed by atoms with Gasteiger partial charge in [0.1, 0.15) is 11.5 Å². The Morgan fingerprint density at radius 3 is 2.83 bits per heavy atom. The number of phenolic OH excluding ortho intramolecular Hbond substituents is 1. The molecule has 1 aliphatic heterocycles. The number of aromatic hydroxyl groups is 1. The van der Waals surface area contributed by atoms with Crippen molar-refractivity contribution in [3.8, 4) is 11.5 Å². The summed E-state index contributed by atoms with van der Waals surface area (Å²) in [6.07, 6.45) is 1.29. The van der Waals surface area contributed by atoms with E-state index in [-0.39, 0.29) is 19.0 Å². The first-order valence-corrected chi connectivity index (χ1v) is 12.2. The van der Waals surface area contributed by atoms with Gasteiger partial charge >= 0.3 is 5.97 Å². The molecule has 0 fully saturated rings. The van der Waals surface area contributed by atoms with E-state index in [1.165, 1.54) is 12.3 Å². The fourth-order valence-corrected chi connectivity index (χ4v) is 4.62. The van der Waals surface area contributed by atoms with E-state index in [9.17, 15) is 14.7 Å². The normalized spacial score (nSPS) is 15.4. The highest BCUT2D eigenvalue weighted by Gasteiger charge is 2.32. The zero-order chi connectivity index (χ0) is 25.5. The number of ether oxygens (including phenoxy) is 2. The molecule has 2 aromatic rings. The van der Waals surface area contributed by atoms with Gasteiger partial charge in [0.2, 0.25) is 0 Å². The maximum absolute atomic E-state index is 12.6. The van der Waals surface area contributed by atoms with Crippen LogP contribution in [0.25, 0.3) is 0 Å². The lowest BCUT2D eigenvalue weighted by atomic mass is 9.95. The van der Waals surface area contributed by atoms with E-state index in [0.717, 1.165) is 0 Å². The molecular formula is C23H22ClIN4O5S. The summed E-state index contributed by atoms with van der Waals surface area (Å²) in [6, 6.07) is 9.49. The van der Waals surface area contributed by atoms with Gasteiger partial charge in [0, 0.05) is 21.8 Å². The zero-order valence-electron chi connectivity index (χ0n) is 18.7. The molecule has 0 bridgehead atoms. The third kappa shape index (κ3) is 6.83. The van der Waals surface area contributed by atoms with Crippen molar-refractivity contribution >= 4 is 69.6 Å². The summed E-state index contributed by atoms with van der Waals surface area (Å²) in [5.74, 6) is -0.631. The molecule has 1 atom stereocenters. The first-order valence-electron chi connectivity index (χ1n) is 10.4. The lowest BCUT2D eigenvalue weighted by Crippen LogP contribution is -2.45. The molecule has 12 heteroatoms. The zero-order valence-corrected chi connectivity index (χ0v) is 22.5. The molecule has 4 N–H and O–H groups in total. The number of hydrogen-bond acceptors (Lipinski definition) is 7. The molecule has 1 heterocycles. The molecule has 0 radical (unpaired) electrons. The minimum atomic E-state index is -0.631. The highest BCUT2D eigenvalue weighted by molar-refractivity contribution is 14.1. The second-order valence-corrected chi connectivity index (χ2v) is 9.24. The minimum Gasteiger partial charge on any atom is -0.506 e. The Bertz CT molecular complexity index is 1220. The van der Waals surface area contributed by atoms with Crippen molar-refractivity contribution < 1.29 is 24.2 Å². The number of rotatable bonds is 8. The van der Waals surface area contributed by atoms with Crippen LogP contribution in [0.4, 0.5) is 0 Å². The quantitative estimate of drug-likeness (QED) is 0.115. The number of para-hydroxylation sites is 1. The Labute approximate surface area is 226 Å². The van der Waals surface area contributed by atoms with Crippen LogP contribution in [0.3, 0.4) is 0 Å². The number of thiocarbonyl (C=S) groups is 1. The Kier molecular flexibility index (Phi) is 9.29. The molecule has 35 heavy (non-hydrogen) atoms. The lowest BCUT2D eigenvalue weighted by molar-refractivity contribution is -0.139. The molecule has 2 aromatic carbocycles. The van der Waals surface area contributed by atoms with Gasteiger partial charge in [-0.15, -0.1) is 0 Å². The predicted octanol–water partition coefficient (Wildman–Crippen LogP) is 3.54. The number of nitrogens with zero attached hydrogens (tertiary/aromatic N) is 1. The van der Waals surface area contributed by atoms with E-state index in [1.807, 2.05) is 22.6 Å². The lowest BCUT2D eigenvalue weighted by Gasteiger charge is -2.30. The van der Waals surface area contributed by atoms with Gasteiger partial charge in [-0.2, -0.15) is 5.10 Å². The summed E-state index contributed by atoms with van der Waals surface area (Å²) in [6.45, 7) is 3.34. The van der Waals surface area contributed by atoms with Crippen molar-refractivity contribution in [1.82, 2.24) is 16.1 Å². The third-order valence-corrected chi connectivity index (χ3v) is 6.06. The predicted molar refractivity (Wildman–Crippen MR) is 144 cm³/mol. The highest BCUT2D eigenvalue weighted by atomic mass is 127. The fourth-order valence-electron chi connectivity index (χ4n) is 3.29. The number of halogens is 2. The van der Waals surface area contributed by atoms with Gasteiger partial charge in [-0.1, -0.05) is 29.8 Å². The SMILES string of the molecule is CCOC(=O)C1=C(C)NC(=S)N[C@@H]1c1ccccc1OCC(=O)NN=Cc1cc(Cl)cc(I)c1O. The summed E-state index contributed by atoms with van der Waals surface area (Å²) in [5.41, 5.74) is 4.24. The Morgan fingerprint density at radius 2 is 2.09 bits per heavy atom. The molecule has 9 nitrogen and oxygen atoms in total. The van der Waals surface area contributed by atoms with Crippen LogP contribution < -0.4 is 20.8 Å². The van der Waals surface area contributed by atoms with Crippen LogP contribution in [-0.4, -0.2) is 41.5 Å².